The fourth-order valence-corrected chi connectivity index (χ4v) is 4.21. The average molecular weight is 447 g/mol. The second-order valence-corrected chi connectivity index (χ2v) is 8.14. The van der Waals surface area contributed by atoms with Gasteiger partial charge in [-0.15, -0.1) is 0 Å². The summed E-state index contributed by atoms with van der Waals surface area (Å²) >= 11 is 1.36. The van der Waals surface area contributed by atoms with Crippen LogP contribution in [0.25, 0.3) is 6.08 Å². The number of nitrogens with one attached hydrogen (secondary N) is 2. The van der Waals surface area contributed by atoms with Crippen molar-refractivity contribution in [1.29, 1.82) is 0 Å². The van der Waals surface area contributed by atoms with Gasteiger partial charge >= 0.3 is 0 Å². The van der Waals surface area contributed by atoms with Crippen molar-refractivity contribution in [3.63, 3.8) is 0 Å². The van der Waals surface area contributed by atoms with Crippen molar-refractivity contribution in [2.45, 2.75) is 11.4 Å². The zero-order valence-electron chi connectivity index (χ0n) is 17.7. The lowest BCUT2D eigenvalue weighted by Crippen LogP contribution is -2.23. The first-order chi connectivity index (χ1) is 15.6. The molecule has 0 atom stereocenters. The van der Waals surface area contributed by atoms with E-state index in [9.17, 15) is 9.59 Å². The number of anilines is 1. The molecule has 3 aromatic carbocycles. The molecule has 3 aromatic rings. The van der Waals surface area contributed by atoms with Crippen LogP contribution in [0.2, 0.25) is 0 Å². The lowest BCUT2D eigenvalue weighted by molar-refractivity contribution is -0.112. The van der Waals surface area contributed by atoms with Crippen molar-refractivity contribution in [2.24, 2.45) is 0 Å². The average Bonchev–Trinajstić information content (AvgIpc) is 2.83. The summed E-state index contributed by atoms with van der Waals surface area (Å²) < 4.78 is 10.6. The molecule has 0 spiro atoms. The van der Waals surface area contributed by atoms with Crippen molar-refractivity contribution in [1.82, 2.24) is 5.32 Å². The highest BCUT2D eigenvalue weighted by molar-refractivity contribution is 8.04. The van der Waals surface area contributed by atoms with Crippen LogP contribution in [0, 0.1) is 0 Å². The third-order valence-corrected chi connectivity index (χ3v) is 6.03. The molecule has 0 aromatic heterocycles. The molecule has 2 amide bonds. The van der Waals surface area contributed by atoms with E-state index in [2.05, 4.69) is 10.6 Å². The van der Waals surface area contributed by atoms with Gasteiger partial charge in [0, 0.05) is 17.0 Å². The Morgan fingerprint density at radius 2 is 1.78 bits per heavy atom. The largest absolute Gasteiger partial charge is 0.493 e. The van der Waals surface area contributed by atoms with Crippen LogP contribution in [0.5, 0.6) is 11.5 Å². The molecule has 6 nitrogen and oxygen atoms in total. The first-order valence-electron chi connectivity index (χ1n) is 9.96. The van der Waals surface area contributed by atoms with Gasteiger partial charge in [-0.05, 0) is 47.5 Å². The molecule has 32 heavy (non-hydrogen) atoms. The van der Waals surface area contributed by atoms with E-state index in [-0.39, 0.29) is 11.8 Å². The molecule has 0 radical (unpaired) electrons. The molecule has 1 aliphatic rings. The van der Waals surface area contributed by atoms with Gasteiger partial charge < -0.3 is 20.1 Å². The molecule has 0 bridgehead atoms. The molecular formula is C25H22N2O4S. The molecule has 4 rings (SSSR count). The molecule has 162 valence electrons. The SMILES string of the molecule is COc1ccc(C=C2Sc3ccc(C(=O)NCc4ccccc4)cc3NC2=O)cc1OC. The van der Waals surface area contributed by atoms with Crippen molar-refractivity contribution in [2.75, 3.05) is 19.5 Å². The van der Waals surface area contributed by atoms with E-state index >= 15 is 0 Å². The highest BCUT2D eigenvalue weighted by atomic mass is 32.2. The van der Waals surface area contributed by atoms with E-state index in [0.717, 1.165) is 16.0 Å². The van der Waals surface area contributed by atoms with Crippen LogP contribution in [0.1, 0.15) is 21.5 Å². The van der Waals surface area contributed by atoms with Gasteiger partial charge in [-0.3, -0.25) is 9.59 Å². The predicted molar refractivity (Wildman–Crippen MR) is 126 cm³/mol. The van der Waals surface area contributed by atoms with Crippen molar-refractivity contribution < 1.29 is 19.1 Å². The number of thioether (sulfide) groups is 1. The Bertz CT molecular complexity index is 1190. The molecule has 0 fully saturated rings. The van der Waals surface area contributed by atoms with Gasteiger partial charge in [0.2, 0.25) is 0 Å². The Morgan fingerprint density at radius 3 is 2.53 bits per heavy atom. The third-order valence-electron chi connectivity index (χ3n) is 4.93. The molecule has 0 saturated carbocycles. The lowest BCUT2D eigenvalue weighted by atomic mass is 10.1. The fourth-order valence-electron chi connectivity index (χ4n) is 3.28. The second kappa shape index (κ2) is 9.62. The summed E-state index contributed by atoms with van der Waals surface area (Å²) in [6.07, 6.45) is 1.80. The maximum Gasteiger partial charge on any atom is 0.262 e. The maximum absolute atomic E-state index is 12.7. The number of hydrogen-bond acceptors (Lipinski definition) is 5. The van der Waals surface area contributed by atoms with Gasteiger partial charge in [0.1, 0.15) is 0 Å². The van der Waals surface area contributed by atoms with E-state index in [0.29, 0.717) is 34.2 Å². The Hall–Kier alpha value is -3.71. The Morgan fingerprint density at radius 1 is 1.00 bits per heavy atom. The van der Waals surface area contributed by atoms with E-state index in [1.165, 1.54) is 11.8 Å². The highest BCUT2D eigenvalue weighted by Crippen LogP contribution is 2.40. The predicted octanol–water partition coefficient (Wildman–Crippen LogP) is 4.72. The monoisotopic (exact) mass is 446 g/mol. The summed E-state index contributed by atoms with van der Waals surface area (Å²) in [6, 6.07) is 20.5. The molecule has 2 N–H and O–H groups in total. The van der Waals surface area contributed by atoms with Gasteiger partial charge in [-0.25, -0.2) is 0 Å². The maximum atomic E-state index is 12.7. The summed E-state index contributed by atoms with van der Waals surface area (Å²) in [6.45, 7) is 0.441. The van der Waals surface area contributed by atoms with Gasteiger partial charge in [0.25, 0.3) is 11.8 Å². The number of ether oxygens (including phenoxy) is 2. The van der Waals surface area contributed by atoms with Crippen molar-refractivity contribution in [3.05, 3.63) is 88.3 Å². The zero-order chi connectivity index (χ0) is 22.5. The van der Waals surface area contributed by atoms with Crippen LogP contribution in [0.4, 0.5) is 5.69 Å². The summed E-state index contributed by atoms with van der Waals surface area (Å²) in [5, 5.41) is 5.79. The second-order valence-electron chi connectivity index (χ2n) is 7.06. The molecule has 0 aliphatic carbocycles. The quantitative estimate of drug-likeness (QED) is 0.536. The van der Waals surface area contributed by atoms with Crippen LogP contribution in [0.3, 0.4) is 0 Å². The van der Waals surface area contributed by atoms with Crippen LogP contribution in [-0.2, 0) is 11.3 Å². The fraction of sp³-hybridized carbons (Fsp3) is 0.120. The standard InChI is InChI=1S/C25H22N2O4S/c1-30-20-10-8-17(12-21(20)31-2)13-23-25(29)27-19-14-18(9-11-22(19)32-23)24(28)26-15-16-6-4-3-5-7-16/h3-14H,15H2,1-2H3,(H,26,28)(H,27,29). The van der Waals surface area contributed by atoms with E-state index in [1.54, 1.807) is 38.5 Å². The zero-order valence-corrected chi connectivity index (χ0v) is 18.5. The number of rotatable bonds is 6. The minimum Gasteiger partial charge on any atom is -0.493 e. The van der Waals surface area contributed by atoms with E-state index in [1.807, 2.05) is 48.5 Å². The molecule has 0 unspecified atom stereocenters. The summed E-state index contributed by atoms with van der Waals surface area (Å²) in [7, 11) is 3.15. The number of amides is 2. The summed E-state index contributed by atoms with van der Waals surface area (Å²) in [5.74, 6) is 0.801. The van der Waals surface area contributed by atoms with Gasteiger partial charge in [0.15, 0.2) is 11.5 Å². The summed E-state index contributed by atoms with van der Waals surface area (Å²) in [5.41, 5.74) is 2.96. The molecule has 1 heterocycles. The number of carbonyl (C=O) groups is 2. The van der Waals surface area contributed by atoms with Crippen molar-refractivity contribution in [3.8, 4) is 11.5 Å². The number of carbonyl (C=O) groups excluding carboxylic acids is 2. The van der Waals surface area contributed by atoms with Crippen molar-refractivity contribution >= 4 is 35.3 Å². The summed E-state index contributed by atoms with van der Waals surface area (Å²) in [4.78, 5) is 26.6. The molecular weight excluding hydrogens is 424 g/mol. The minimum absolute atomic E-state index is 0.192. The number of hydrogen-bond donors (Lipinski definition) is 2. The Kier molecular flexibility index (Phi) is 6.47. The number of methoxy groups -OCH3 is 2. The number of benzene rings is 3. The van der Waals surface area contributed by atoms with E-state index in [4.69, 9.17) is 9.47 Å². The van der Waals surface area contributed by atoms with Crippen LogP contribution >= 0.6 is 11.8 Å². The van der Waals surface area contributed by atoms with E-state index < -0.39 is 0 Å². The Labute approximate surface area is 190 Å². The van der Waals surface area contributed by atoms with Crippen LogP contribution in [0.15, 0.2) is 76.5 Å². The first kappa shape index (κ1) is 21.5. The smallest absolute Gasteiger partial charge is 0.262 e. The normalized spacial score (nSPS) is 13.8. The molecule has 0 saturated heterocycles. The van der Waals surface area contributed by atoms with Gasteiger partial charge in [0.05, 0.1) is 24.8 Å². The highest BCUT2D eigenvalue weighted by Gasteiger charge is 2.22. The van der Waals surface area contributed by atoms with Crippen LogP contribution < -0.4 is 20.1 Å². The number of fused-ring (bicyclic) bond motifs is 1. The van der Waals surface area contributed by atoms with Gasteiger partial charge in [-0.1, -0.05) is 48.2 Å². The lowest BCUT2D eigenvalue weighted by Gasteiger charge is -2.19. The van der Waals surface area contributed by atoms with Crippen LogP contribution in [-0.4, -0.2) is 26.0 Å². The molecule has 1 aliphatic heterocycles. The minimum atomic E-state index is -0.223. The third kappa shape index (κ3) is 4.78. The van der Waals surface area contributed by atoms with Gasteiger partial charge in [-0.2, -0.15) is 0 Å². The Balaban J connectivity index is 1.50. The first-order valence-corrected chi connectivity index (χ1v) is 10.8. The molecule has 7 heteroatoms. The topological polar surface area (TPSA) is 76.7 Å².